The molecule has 1 atom stereocenters. The first-order valence-electron chi connectivity index (χ1n) is 18.7. The first-order chi connectivity index (χ1) is 25.1. The van der Waals surface area contributed by atoms with E-state index in [4.69, 9.17) is 9.47 Å². The van der Waals surface area contributed by atoms with Crippen LogP contribution in [-0.4, -0.2) is 71.9 Å². The van der Waals surface area contributed by atoms with Crippen molar-refractivity contribution in [2.45, 2.75) is 63.1 Å². The molecule has 4 fully saturated rings. The minimum Gasteiger partial charge on any atom is -0.497 e. The zero-order chi connectivity index (χ0) is 34.4. The molecule has 2 saturated carbocycles. The Labute approximate surface area is 300 Å². The van der Waals surface area contributed by atoms with Crippen LogP contribution in [0.4, 0.5) is 5.69 Å². The van der Waals surface area contributed by atoms with Crippen LogP contribution in [0, 0.1) is 5.41 Å². The highest BCUT2D eigenvalue weighted by Crippen LogP contribution is 2.54. The molecule has 0 amide bonds. The second kappa shape index (κ2) is 13.5. The molecule has 2 aliphatic carbocycles. The van der Waals surface area contributed by atoms with Gasteiger partial charge in [0.05, 0.1) is 18.9 Å². The molecule has 51 heavy (non-hydrogen) atoms. The first-order valence-corrected chi connectivity index (χ1v) is 18.7. The summed E-state index contributed by atoms with van der Waals surface area (Å²) in [5, 5.41) is 0.977. The molecule has 2 aromatic heterocycles. The van der Waals surface area contributed by atoms with E-state index in [0.29, 0.717) is 34.6 Å². The van der Waals surface area contributed by atoms with E-state index in [1.165, 1.54) is 44.1 Å². The maximum Gasteiger partial charge on any atom is 0.153 e. The highest BCUT2D eigenvalue weighted by atomic mass is 16.5. The van der Waals surface area contributed by atoms with Crippen molar-refractivity contribution in [3.8, 4) is 17.2 Å². The van der Waals surface area contributed by atoms with Crippen molar-refractivity contribution < 1.29 is 14.3 Å². The van der Waals surface area contributed by atoms with E-state index in [2.05, 4.69) is 79.3 Å². The fourth-order valence-electron chi connectivity index (χ4n) is 9.11. The minimum absolute atomic E-state index is 0.418. The molecular weight excluding hydrogens is 635 g/mol. The lowest BCUT2D eigenvalue weighted by Crippen LogP contribution is -2.59. The van der Waals surface area contributed by atoms with Crippen LogP contribution in [0.15, 0.2) is 91.3 Å². The molecule has 1 spiro atoms. The number of rotatable bonds is 10. The van der Waals surface area contributed by atoms with Crippen molar-refractivity contribution in [1.29, 1.82) is 0 Å². The van der Waals surface area contributed by atoms with Crippen molar-refractivity contribution in [2.24, 2.45) is 5.41 Å². The quantitative estimate of drug-likeness (QED) is 0.149. The van der Waals surface area contributed by atoms with E-state index >= 15 is 0 Å². The Kier molecular flexibility index (Phi) is 8.52. The Bertz CT molecular complexity index is 2000. The van der Waals surface area contributed by atoms with Gasteiger partial charge in [-0.05, 0) is 103 Å². The van der Waals surface area contributed by atoms with Crippen LogP contribution in [0.3, 0.4) is 0 Å². The lowest BCUT2D eigenvalue weighted by Gasteiger charge is -2.58. The number of benzene rings is 3. The number of ether oxygens (including phenoxy) is 2. The standard InChI is InChI=1S/C43H47N5O3/c1-50-36-12-6-30(7-13-36)27-46-20-21-48(40(28-46)39-5-3-2-4-38(39)31-8-9-31)35-24-43(25-35)15-18-47(19-16-43)34-11-10-33(29-49)41(23-34)51-37-22-32-14-17-44-42(32)45-26-37/h2-7,10-14,17,22-23,26,29,31,35,40H,8-9,15-16,18-21,24-25,27-28H2,1H3,(H,44,45). The zero-order valence-electron chi connectivity index (χ0n) is 29.5. The van der Waals surface area contributed by atoms with Gasteiger partial charge in [0.25, 0.3) is 0 Å². The summed E-state index contributed by atoms with van der Waals surface area (Å²) in [7, 11) is 1.73. The van der Waals surface area contributed by atoms with Gasteiger partial charge in [0.2, 0.25) is 0 Å². The average molecular weight is 682 g/mol. The molecule has 8 heteroatoms. The number of methoxy groups -OCH3 is 1. The van der Waals surface area contributed by atoms with Gasteiger partial charge in [0.15, 0.2) is 6.29 Å². The number of aldehydes is 1. The van der Waals surface area contributed by atoms with Gasteiger partial charge < -0.3 is 19.4 Å². The summed E-state index contributed by atoms with van der Waals surface area (Å²) >= 11 is 0. The van der Waals surface area contributed by atoms with Crippen molar-refractivity contribution in [3.05, 3.63) is 114 Å². The highest BCUT2D eigenvalue weighted by Gasteiger charge is 2.50. The molecule has 1 N–H and O–H groups in total. The summed E-state index contributed by atoms with van der Waals surface area (Å²) in [5.41, 5.74) is 7.40. The number of anilines is 1. The summed E-state index contributed by atoms with van der Waals surface area (Å²) in [6, 6.07) is 28.9. The van der Waals surface area contributed by atoms with Gasteiger partial charge in [-0.15, -0.1) is 0 Å². The number of pyridine rings is 1. The smallest absolute Gasteiger partial charge is 0.153 e. The summed E-state index contributed by atoms with van der Waals surface area (Å²) in [4.78, 5) is 27.5. The summed E-state index contributed by atoms with van der Waals surface area (Å²) in [5.74, 6) is 2.86. The molecule has 8 nitrogen and oxygen atoms in total. The fourth-order valence-corrected chi connectivity index (χ4v) is 9.11. The minimum atomic E-state index is 0.418. The molecule has 2 aliphatic heterocycles. The number of aromatic nitrogens is 2. The molecule has 5 aromatic rings. The van der Waals surface area contributed by atoms with E-state index in [1.807, 2.05) is 30.5 Å². The molecular formula is C43H47N5O3. The topological polar surface area (TPSA) is 73.9 Å². The van der Waals surface area contributed by atoms with Gasteiger partial charge in [-0.3, -0.25) is 14.6 Å². The SMILES string of the molecule is COc1ccc(CN2CCN(C3CC4(CCN(c5ccc(C=O)c(Oc6cnc7[nH]ccc7c6)c5)CC4)C3)C(c3ccccc3C3CC3)C2)cc1. The van der Waals surface area contributed by atoms with Crippen molar-refractivity contribution in [3.63, 3.8) is 0 Å². The highest BCUT2D eigenvalue weighted by molar-refractivity contribution is 5.81. The number of nitrogens with one attached hydrogen (secondary N) is 1. The number of piperazine rings is 1. The largest absolute Gasteiger partial charge is 0.497 e. The summed E-state index contributed by atoms with van der Waals surface area (Å²) in [6.45, 7) is 6.31. The number of hydrogen-bond acceptors (Lipinski definition) is 7. The van der Waals surface area contributed by atoms with Gasteiger partial charge >= 0.3 is 0 Å². The third kappa shape index (κ3) is 6.51. The number of hydrogen-bond donors (Lipinski definition) is 1. The molecule has 0 radical (unpaired) electrons. The molecule has 2 saturated heterocycles. The Balaban J connectivity index is 0.871. The number of carbonyl (C=O) groups is 1. The van der Waals surface area contributed by atoms with Crippen molar-refractivity contribution in [2.75, 3.05) is 44.7 Å². The maximum absolute atomic E-state index is 11.9. The Morgan fingerprint density at radius 2 is 1.71 bits per heavy atom. The number of nitrogens with zero attached hydrogens (tertiary/aromatic N) is 4. The number of piperidine rings is 1. The second-order valence-corrected chi connectivity index (χ2v) is 15.3. The number of carbonyl (C=O) groups excluding carboxylic acids is 1. The first kappa shape index (κ1) is 32.3. The van der Waals surface area contributed by atoms with Crippen LogP contribution >= 0.6 is 0 Å². The molecule has 262 valence electrons. The lowest BCUT2D eigenvalue weighted by atomic mass is 9.59. The third-order valence-corrected chi connectivity index (χ3v) is 12.2. The van der Waals surface area contributed by atoms with E-state index < -0.39 is 0 Å². The predicted molar refractivity (Wildman–Crippen MR) is 201 cm³/mol. The maximum atomic E-state index is 11.9. The molecule has 3 aromatic carbocycles. The summed E-state index contributed by atoms with van der Waals surface area (Å²) in [6.07, 6.45) is 12.1. The average Bonchev–Trinajstić information content (AvgIpc) is 3.91. The van der Waals surface area contributed by atoms with E-state index in [1.54, 1.807) is 24.4 Å². The molecule has 4 heterocycles. The Morgan fingerprint density at radius 3 is 2.47 bits per heavy atom. The van der Waals surface area contributed by atoms with Gasteiger partial charge in [-0.1, -0.05) is 36.4 Å². The van der Waals surface area contributed by atoms with Crippen LogP contribution in [-0.2, 0) is 6.54 Å². The number of fused-ring (bicyclic) bond motifs is 1. The second-order valence-electron chi connectivity index (χ2n) is 15.3. The molecule has 4 aliphatic rings. The van der Waals surface area contributed by atoms with Crippen molar-refractivity contribution in [1.82, 2.24) is 19.8 Å². The van der Waals surface area contributed by atoms with Gasteiger partial charge in [-0.25, -0.2) is 4.98 Å². The van der Waals surface area contributed by atoms with Crippen LogP contribution in [0.5, 0.6) is 17.2 Å². The van der Waals surface area contributed by atoms with Crippen LogP contribution in [0.1, 0.15) is 77.5 Å². The summed E-state index contributed by atoms with van der Waals surface area (Å²) < 4.78 is 11.6. The van der Waals surface area contributed by atoms with Crippen molar-refractivity contribution >= 4 is 23.0 Å². The fraction of sp³-hybridized carbons (Fsp3) is 0.395. The Morgan fingerprint density at radius 1 is 0.902 bits per heavy atom. The number of aromatic amines is 1. The molecule has 9 rings (SSSR count). The van der Waals surface area contributed by atoms with Gasteiger partial charge in [0, 0.05) is 74.7 Å². The molecule has 1 unspecified atom stereocenters. The zero-order valence-corrected chi connectivity index (χ0v) is 29.5. The van der Waals surface area contributed by atoms with Gasteiger partial charge in [0.1, 0.15) is 22.9 Å². The lowest BCUT2D eigenvalue weighted by molar-refractivity contribution is -0.0627. The normalized spacial score (nSPS) is 21.1. The van der Waals surface area contributed by atoms with Gasteiger partial charge in [-0.2, -0.15) is 0 Å². The van der Waals surface area contributed by atoms with E-state index in [-0.39, 0.29) is 0 Å². The van der Waals surface area contributed by atoms with E-state index in [9.17, 15) is 4.79 Å². The third-order valence-electron chi connectivity index (χ3n) is 12.2. The Hall–Kier alpha value is -4.66. The predicted octanol–water partition coefficient (Wildman–Crippen LogP) is 8.36. The number of H-pyrrole nitrogens is 1. The monoisotopic (exact) mass is 681 g/mol. The van der Waals surface area contributed by atoms with Crippen LogP contribution < -0.4 is 14.4 Å². The van der Waals surface area contributed by atoms with Crippen LogP contribution in [0.2, 0.25) is 0 Å². The molecule has 0 bridgehead atoms. The van der Waals surface area contributed by atoms with E-state index in [0.717, 1.165) is 73.9 Å². The van der Waals surface area contributed by atoms with Crippen LogP contribution in [0.25, 0.3) is 11.0 Å².